The molecule has 1 unspecified atom stereocenters. The van der Waals surface area contributed by atoms with Crippen LogP contribution < -0.4 is 26.6 Å². The number of hydrogen-bond donors (Lipinski definition) is 5. The van der Waals surface area contributed by atoms with Gasteiger partial charge in [-0.05, 0) is 44.5 Å². The minimum atomic E-state index is -0.732. The molecule has 10 heteroatoms. The first-order valence-corrected chi connectivity index (χ1v) is 8.57. The van der Waals surface area contributed by atoms with Crippen molar-refractivity contribution in [3.05, 3.63) is 23.8 Å². The Hall–Kier alpha value is -3.48. The number of nitrogens with zero attached hydrogens (tertiary/aromatic N) is 1. The molecule has 5 N–H and O–H groups in total. The van der Waals surface area contributed by atoms with Crippen LogP contribution >= 0.6 is 0 Å². The second kappa shape index (κ2) is 10.0. The van der Waals surface area contributed by atoms with Crippen LogP contribution in [0.1, 0.15) is 32.3 Å². The largest absolute Gasteiger partial charge is 0.444 e. The Balaban J connectivity index is 3.05. The Morgan fingerprint density at radius 1 is 1.04 bits per heavy atom. The highest BCUT2D eigenvalue weighted by atomic mass is 16.6. The van der Waals surface area contributed by atoms with Gasteiger partial charge in [-0.25, -0.2) is 14.4 Å². The van der Waals surface area contributed by atoms with Gasteiger partial charge in [0, 0.05) is 32.0 Å². The van der Waals surface area contributed by atoms with Crippen molar-refractivity contribution in [1.29, 1.82) is 5.26 Å². The molecule has 0 bridgehead atoms. The first kappa shape index (κ1) is 22.6. The van der Waals surface area contributed by atoms with Crippen molar-refractivity contribution in [2.75, 3.05) is 31.3 Å². The van der Waals surface area contributed by atoms with Gasteiger partial charge >= 0.3 is 18.2 Å². The second-order valence-electron chi connectivity index (χ2n) is 6.82. The van der Waals surface area contributed by atoms with E-state index in [4.69, 9.17) is 4.74 Å². The van der Waals surface area contributed by atoms with Crippen LogP contribution in [-0.4, -0.2) is 44.4 Å². The maximum absolute atomic E-state index is 11.8. The number of ether oxygens (including phenoxy) is 1. The molecule has 0 fully saturated rings. The van der Waals surface area contributed by atoms with Gasteiger partial charge in [-0.3, -0.25) is 0 Å². The van der Waals surface area contributed by atoms with Gasteiger partial charge in [0.2, 0.25) is 0 Å². The number of rotatable bonds is 5. The van der Waals surface area contributed by atoms with Gasteiger partial charge < -0.3 is 31.3 Å². The highest BCUT2D eigenvalue weighted by Crippen LogP contribution is 2.25. The molecule has 28 heavy (non-hydrogen) atoms. The van der Waals surface area contributed by atoms with Crippen LogP contribution in [0.15, 0.2) is 18.2 Å². The van der Waals surface area contributed by atoms with E-state index in [1.54, 1.807) is 39.0 Å². The Morgan fingerprint density at radius 2 is 1.54 bits per heavy atom. The van der Waals surface area contributed by atoms with Gasteiger partial charge in [0.25, 0.3) is 0 Å². The molecule has 5 amide bonds. The summed E-state index contributed by atoms with van der Waals surface area (Å²) in [6, 6.07) is 5.92. The quantitative estimate of drug-likeness (QED) is 0.524. The van der Waals surface area contributed by atoms with Crippen LogP contribution in [0.3, 0.4) is 0 Å². The molecule has 0 heterocycles. The molecule has 0 aliphatic rings. The van der Waals surface area contributed by atoms with Crippen LogP contribution in [0.25, 0.3) is 0 Å². The SMILES string of the molecule is CNC(=O)Nc1cc(NC(=O)NC)cc(C(C#N)CNC(=O)OC(C)(C)C)c1. The normalized spacial score (nSPS) is 11.4. The lowest BCUT2D eigenvalue weighted by Crippen LogP contribution is -2.34. The number of carbonyl (C=O) groups is 3. The van der Waals surface area contributed by atoms with E-state index in [1.165, 1.54) is 14.1 Å². The molecule has 0 aromatic heterocycles. The Bertz CT molecular complexity index is 730. The maximum Gasteiger partial charge on any atom is 0.407 e. The van der Waals surface area contributed by atoms with E-state index in [0.29, 0.717) is 16.9 Å². The Morgan fingerprint density at radius 3 is 1.93 bits per heavy atom. The van der Waals surface area contributed by atoms with Crippen molar-refractivity contribution in [3.8, 4) is 6.07 Å². The van der Waals surface area contributed by atoms with Crippen LogP contribution in [0, 0.1) is 11.3 Å². The Kier molecular flexibility index (Phi) is 8.07. The number of alkyl carbamates (subject to hydrolysis) is 1. The smallest absolute Gasteiger partial charge is 0.407 e. The summed E-state index contributed by atoms with van der Waals surface area (Å²) < 4.78 is 5.16. The number of carbonyl (C=O) groups excluding carboxylic acids is 3. The molecule has 0 spiro atoms. The van der Waals surface area contributed by atoms with E-state index in [1.807, 2.05) is 0 Å². The van der Waals surface area contributed by atoms with Crippen molar-refractivity contribution in [2.24, 2.45) is 0 Å². The fourth-order valence-corrected chi connectivity index (χ4v) is 2.12. The summed E-state index contributed by atoms with van der Waals surface area (Å²) in [5.74, 6) is -0.732. The third kappa shape index (κ3) is 7.82. The summed E-state index contributed by atoms with van der Waals surface area (Å²) in [5.41, 5.74) is 0.592. The summed E-state index contributed by atoms with van der Waals surface area (Å²) in [4.78, 5) is 35.1. The molecular weight excluding hydrogens is 364 g/mol. The summed E-state index contributed by atoms with van der Waals surface area (Å²) in [5, 5.41) is 22.1. The second-order valence-corrected chi connectivity index (χ2v) is 6.82. The molecule has 1 atom stereocenters. The molecule has 0 aliphatic heterocycles. The molecular formula is C18H26N6O4. The van der Waals surface area contributed by atoms with Gasteiger partial charge in [-0.15, -0.1) is 0 Å². The molecule has 0 aliphatic carbocycles. The van der Waals surface area contributed by atoms with E-state index in [-0.39, 0.29) is 6.54 Å². The number of benzene rings is 1. The average Bonchev–Trinajstić information content (AvgIpc) is 2.60. The maximum atomic E-state index is 11.8. The van der Waals surface area contributed by atoms with E-state index >= 15 is 0 Å². The van der Waals surface area contributed by atoms with E-state index in [0.717, 1.165) is 0 Å². The highest BCUT2D eigenvalue weighted by molar-refractivity contribution is 5.93. The van der Waals surface area contributed by atoms with E-state index in [2.05, 4.69) is 32.7 Å². The predicted molar refractivity (Wildman–Crippen MR) is 105 cm³/mol. The number of hydrogen-bond acceptors (Lipinski definition) is 5. The van der Waals surface area contributed by atoms with Crippen molar-refractivity contribution < 1.29 is 19.1 Å². The lowest BCUT2D eigenvalue weighted by Gasteiger charge is -2.20. The third-order valence-corrected chi connectivity index (χ3v) is 3.33. The molecule has 1 aromatic rings. The lowest BCUT2D eigenvalue weighted by atomic mass is 9.99. The monoisotopic (exact) mass is 390 g/mol. The highest BCUT2D eigenvalue weighted by Gasteiger charge is 2.19. The third-order valence-electron chi connectivity index (χ3n) is 3.33. The zero-order chi connectivity index (χ0) is 21.3. The lowest BCUT2D eigenvalue weighted by molar-refractivity contribution is 0.0526. The average molecular weight is 390 g/mol. The molecule has 0 saturated carbocycles. The number of anilines is 2. The fourth-order valence-electron chi connectivity index (χ4n) is 2.12. The first-order chi connectivity index (χ1) is 13.1. The van der Waals surface area contributed by atoms with Crippen molar-refractivity contribution in [3.63, 3.8) is 0 Å². The van der Waals surface area contributed by atoms with Crippen molar-refractivity contribution >= 4 is 29.5 Å². The molecule has 152 valence electrons. The molecule has 0 saturated heterocycles. The van der Waals surface area contributed by atoms with Crippen LogP contribution in [0.2, 0.25) is 0 Å². The zero-order valence-electron chi connectivity index (χ0n) is 16.6. The van der Waals surface area contributed by atoms with Gasteiger partial charge in [-0.1, -0.05) is 0 Å². The van der Waals surface area contributed by atoms with Crippen LogP contribution in [0.4, 0.5) is 25.8 Å². The van der Waals surface area contributed by atoms with Gasteiger partial charge in [-0.2, -0.15) is 5.26 Å². The molecule has 1 aromatic carbocycles. The summed E-state index contributed by atoms with van der Waals surface area (Å²) in [6.07, 6.45) is -0.643. The zero-order valence-corrected chi connectivity index (χ0v) is 16.6. The summed E-state index contributed by atoms with van der Waals surface area (Å²) in [6.45, 7) is 5.20. The fraction of sp³-hybridized carbons (Fsp3) is 0.444. The van der Waals surface area contributed by atoms with Gasteiger partial charge in [0.1, 0.15) is 5.60 Å². The summed E-state index contributed by atoms with van der Waals surface area (Å²) >= 11 is 0. The number of amides is 5. The Labute approximate surface area is 164 Å². The van der Waals surface area contributed by atoms with Gasteiger partial charge in [0.15, 0.2) is 0 Å². The summed E-state index contributed by atoms with van der Waals surface area (Å²) in [7, 11) is 2.93. The minimum absolute atomic E-state index is 0.00570. The molecule has 0 radical (unpaired) electrons. The number of urea groups is 2. The first-order valence-electron chi connectivity index (χ1n) is 8.57. The molecule has 10 nitrogen and oxygen atoms in total. The van der Waals surface area contributed by atoms with Gasteiger partial charge in [0.05, 0.1) is 12.0 Å². The van der Waals surface area contributed by atoms with E-state index in [9.17, 15) is 19.6 Å². The van der Waals surface area contributed by atoms with E-state index < -0.39 is 29.7 Å². The van der Waals surface area contributed by atoms with Crippen molar-refractivity contribution in [2.45, 2.75) is 32.3 Å². The van der Waals surface area contributed by atoms with Crippen LogP contribution in [-0.2, 0) is 4.74 Å². The standard InChI is InChI=1S/C18H26N6O4/c1-18(2,3)28-17(27)22-10-12(9-19)11-6-13(23-15(25)20-4)8-14(7-11)24-16(26)21-5/h6-8,12H,10H2,1-5H3,(H,22,27)(H2,20,23,25)(H2,21,24,26). The number of nitriles is 1. The topological polar surface area (TPSA) is 144 Å². The van der Waals surface area contributed by atoms with Crippen molar-refractivity contribution in [1.82, 2.24) is 16.0 Å². The predicted octanol–water partition coefficient (Wildman–Crippen LogP) is 2.32. The number of nitrogens with one attached hydrogen (secondary N) is 5. The minimum Gasteiger partial charge on any atom is -0.444 e. The molecule has 1 rings (SSSR count). The van der Waals surface area contributed by atoms with Crippen LogP contribution in [0.5, 0.6) is 0 Å².